The summed E-state index contributed by atoms with van der Waals surface area (Å²) in [6.07, 6.45) is 7.80. The van der Waals surface area contributed by atoms with Gasteiger partial charge in [-0.1, -0.05) is 25.5 Å². The van der Waals surface area contributed by atoms with Gasteiger partial charge in [0.05, 0.1) is 31.0 Å². The number of carbonyl (C=O) groups is 2. The van der Waals surface area contributed by atoms with Crippen molar-refractivity contribution < 1.29 is 19.1 Å². The molecule has 0 aliphatic carbocycles. The maximum Gasteiger partial charge on any atom is 0.412 e. The van der Waals surface area contributed by atoms with E-state index in [0.29, 0.717) is 11.4 Å². The molecule has 6 nitrogen and oxygen atoms in total. The van der Waals surface area contributed by atoms with Crippen LogP contribution >= 0.6 is 0 Å². The number of ether oxygens (including phenoxy) is 2. The molecule has 6 heteroatoms. The molecule has 1 heterocycles. The second-order valence-electron chi connectivity index (χ2n) is 6.62. The number of hydrogen-bond donors (Lipinski definition) is 1. The maximum atomic E-state index is 12.0. The molecule has 134 valence electrons. The Labute approximate surface area is 144 Å². The number of rotatable bonds is 6. The number of nitrogens with zero attached hydrogens (tertiary/aromatic N) is 1. The van der Waals surface area contributed by atoms with Crippen LogP contribution in [0.5, 0.6) is 0 Å². The minimum atomic E-state index is -0.567. The fraction of sp³-hybridized carbons (Fsp3) is 0.611. The van der Waals surface area contributed by atoms with E-state index in [1.807, 2.05) is 26.8 Å². The van der Waals surface area contributed by atoms with Crippen molar-refractivity contribution >= 4 is 17.8 Å². The molecule has 0 aromatic carbocycles. The van der Waals surface area contributed by atoms with Gasteiger partial charge in [0.1, 0.15) is 5.60 Å². The van der Waals surface area contributed by atoms with Crippen molar-refractivity contribution in [3.8, 4) is 0 Å². The van der Waals surface area contributed by atoms with Crippen LogP contribution in [0, 0.1) is 0 Å². The first-order valence-electron chi connectivity index (χ1n) is 8.27. The molecule has 0 fully saturated rings. The Bertz CT molecular complexity index is 542. The molecule has 1 unspecified atom stereocenters. The van der Waals surface area contributed by atoms with Crippen LogP contribution in [-0.4, -0.2) is 36.5 Å². The highest BCUT2D eigenvalue weighted by atomic mass is 16.6. The predicted octanol–water partition coefficient (Wildman–Crippen LogP) is 3.53. The minimum absolute atomic E-state index is 0.160. The zero-order chi connectivity index (χ0) is 18.2. The molecule has 1 aliphatic rings. The first-order valence-corrected chi connectivity index (χ1v) is 8.27. The summed E-state index contributed by atoms with van der Waals surface area (Å²) in [6.45, 7) is 7.54. The van der Waals surface area contributed by atoms with Gasteiger partial charge in [-0.2, -0.15) is 0 Å². The quantitative estimate of drug-likeness (QED) is 0.753. The molecule has 1 aliphatic heterocycles. The number of methoxy groups -OCH3 is 1. The molecule has 0 bridgehead atoms. The summed E-state index contributed by atoms with van der Waals surface area (Å²) < 4.78 is 9.89. The average Bonchev–Trinajstić information content (AvgIpc) is 2.47. The molecule has 0 saturated heterocycles. The summed E-state index contributed by atoms with van der Waals surface area (Å²) in [7, 11) is 1.35. The van der Waals surface area contributed by atoms with Crippen LogP contribution in [0.15, 0.2) is 28.9 Å². The third-order valence-electron chi connectivity index (χ3n) is 3.24. The molecule has 0 spiro atoms. The van der Waals surface area contributed by atoms with Crippen LogP contribution in [-0.2, 0) is 14.3 Å². The van der Waals surface area contributed by atoms with Crippen molar-refractivity contribution in [2.24, 2.45) is 4.99 Å². The zero-order valence-electron chi connectivity index (χ0n) is 15.2. The standard InChI is InChI=1S/C18H28N2O4/c1-6-8-13-11-12-15(20-17(22)24-18(2,3)4)14(19-13)9-7-10-16(21)23-5/h7,9,12-13H,6,8,10-11H2,1-5H3,(H,20,22)/b9-7+. The first-order chi connectivity index (χ1) is 11.2. The molecule has 24 heavy (non-hydrogen) atoms. The molecule has 1 amide bonds. The van der Waals surface area contributed by atoms with Gasteiger partial charge in [-0.15, -0.1) is 0 Å². The van der Waals surface area contributed by atoms with Crippen LogP contribution < -0.4 is 5.32 Å². The van der Waals surface area contributed by atoms with Crippen molar-refractivity contribution in [3.63, 3.8) is 0 Å². The second-order valence-corrected chi connectivity index (χ2v) is 6.62. The number of esters is 1. The first kappa shape index (κ1) is 19.9. The van der Waals surface area contributed by atoms with Crippen molar-refractivity contribution in [2.75, 3.05) is 7.11 Å². The number of amides is 1. The molecule has 0 saturated carbocycles. The van der Waals surface area contributed by atoms with Crippen LogP contribution in [0.4, 0.5) is 4.79 Å². The molecule has 0 aromatic heterocycles. The summed E-state index contributed by atoms with van der Waals surface area (Å²) in [5.41, 5.74) is 0.689. The van der Waals surface area contributed by atoms with Crippen LogP contribution in [0.3, 0.4) is 0 Å². The fourth-order valence-electron chi connectivity index (χ4n) is 2.20. The lowest BCUT2D eigenvalue weighted by molar-refractivity contribution is -0.139. The Balaban J connectivity index is 2.82. The van der Waals surface area contributed by atoms with Gasteiger partial charge in [0, 0.05) is 0 Å². The summed E-state index contributed by atoms with van der Waals surface area (Å²) >= 11 is 0. The molecular formula is C18H28N2O4. The van der Waals surface area contributed by atoms with Gasteiger partial charge in [0.2, 0.25) is 0 Å². The third-order valence-corrected chi connectivity index (χ3v) is 3.24. The SMILES string of the molecule is CCCC1CC=C(NC(=O)OC(C)(C)C)C(/C=C/CC(=O)OC)=N1. The number of carbonyl (C=O) groups excluding carboxylic acids is 2. The van der Waals surface area contributed by atoms with Gasteiger partial charge in [-0.25, -0.2) is 4.79 Å². The van der Waals surface area contributed by atoms with Crippen molar-refractivity contribution in [1.82, 2.24) is 5.32 Å². The number of allylic oxidation sites excluding steroid dienone is 1. The van der Waals surface area contributed by atoms with E-state index < -0.39 is 11.7 Å². The van der Waals surface area contributed by atoms with E-state index >= 15 is 0 Å². The van der Waals surface area contributed by atoms with Crippen LogP contribution in [0.1, 0.15) is 53.4 Å². The minimum Gasteiger partial charge on any atom is -0.469 e. The lowest BCUT2D eigenvalue weighted by Crippen LogP contribution is -2.35. The lowest BCUT2D eigenvalue weighted by Gasteiger charge is -2.23. The Hall–Kier alpha value is -2.11. The van der Waals surface area contributed by atoms with Gasteiger partial charge in [-0.3, -0.25) is 15.1 Å². The fourth-order valence-corrected chi connectivity index (χ4v) is 2.20. The third kappa shape index (κ3) is 7.44. The summed E-state index contributed by atoms with van der Waals surface area (Å²) in [5, 5.41) is 2.74. The van der Waals surface area contributed by atoms with Crippen molar-refractivity contribution in [1.29, 1.82) is 0 Å². The number of alkyl carbamates (subject to hydrolysis) is 1. The van der Waals surface area contributed by atoms with Crippen molar-refractivity contribution in [3.05, 3.63) is 23.9 Å². The van der Waals surface area contributed by atoms with Gasteiger partial charge < -0.3 is 9.47 Å². The van der Waals surface area contributed by atoms with E-state index in [2.05, 4.69) is 22.0 Å². The monoisotopic (exact) mass is 336 g/mol. The highest BCUT2D eigenvalue weighted by molar-refractivity contribution is 6.10. The smallest absolute Gasteiger partial charge is 0.412 e. The topological polar surface area (TPSA) is 77.0 Å². The highest BCUT2D eigenvalue weighted by Crippen LogP contribution is 2.17. The zero-order valence-corrected chi connectivity index (χ0v) is 15.2. The normalized spacial score (nSPS) is 18.0. The number of hydrogen-bond acceptors (Lipinski definition) is 5. The number of dihydropyridines is 1. The summed E-state index contributed by atoms with van der Waals surface area (Å²) in [5.74, 6) is -0.321. The largest absolute Gasteiger partial charge is 0.469 e. The van der Waals surface area contributed by atoms with E-state index in [1.54, 1.807) is 12.2 Å². The molecule has 1 atom stereocenters. The van der Waals surface area contributed by atoms with E-state index in [9.17, 15) is 9.59 Å². The molecular weight excluding hydrogens is 308 g/mol. The highest BCUT2D eigenvalue weighted by Gasteiger charge is 2.21. The summed E-state index contributed by atoms with van der Waals surface area (Å²) in [4.78, 5) is 27.9. The van der Waals surface area contributed by atoms with Crippen molar-refractivity contribution in [2.45, 2.75) is 65.0 Å². The van der Waals surface area contributed by atoms with E-state index in [-0.39, 0.29) is 18.4 Å². The molecule has 0 aromatic rings. The second kappa shape index (κ2) is 9.25. The van der Waals surface area contributed by atoms with Gasteiger partial charge in [-0.05, 0) is 39.7 Å². The Morgan fingerprint density at radius 1 is 1.42 bits per heavy atom. The Morgan fingerprint density at radius 2 is 2.12 bits per heavy atom. The van der Waals surface area contributed by atoms with Gasteiger partial charge in [0.25, 0.3) is 0 Å². The van der Waals surface area contributed by atoms with Crippen LogP contribution in [0.25, 0.3) is 0 Å². The van der Waals surface area contributed by atoms with E-state index in [4.69, 9.17) is 4.74 Å². The van der Waals surface area contributed by atoms with Crippen LogP contribution in [0.2, 0.25) is 0 Å². The maximum absolute atomic E-state index is 12.0. The Kier molecular flexibility index (Phi) is 7.68. The van der Waals surface area contributed by atoms with E-state index in [0.717, 1.165) is 19.3 Å². The summed E-state index contributed by atoms with van der Waals surface area (Å²) in [6, 6.07) is 0.192. The van der Waals surface area contributed by atoms with Gasteiger partial charge >= 0.3 is 12.1 Å². The van der Waals surface area contributed by atoms with Gasteiger partial charge in [0.15, 0.2) is 0 Å². The molecule has 1 N–H and O–H groups in total. The predicted molar refractivity (Wildman–Crippen MR) is 94.0 cm³/mol. The number of nitrogens with one attached hydrogen (secondary N) is 1. The lowest BCUT2D eigenvalue weighted by atomic mass is 10.0. The molecule has 1 rings (SSSR count). The van der Waals surface area contributed by atoms with E-state index in [1.165, 1.54) is 7.11 Å². The Morgan fingerprint density at radius 3 is 2.71 bits per heavy atom. The number of aliphatic imine (C=N–C) groups is 1. The molecule has 0 radical (unpaired) electrons. The average molecular weight is 336 g/mol.